The number of H-pyrrole nitrogens is 1. The maximum atomic E-state index is 11.9. The third-order valence-corrected chi connectivity index (χ3v) is 2.51. The van der Waals surface area contributed by atoms with E-state index in [1.807, 2.05) is 0 Å². The Kier molecular flexibility index (Phi) is 3.28. The number of carbonyl (C=O) groups excluding carboxylic acids is 1. The highest BCUT2D eigenvalue weighted by Gasteiger charge is 2.19. The first-order valence-corrected chi connectivity index (χ1v) is 5.61. The van der Waals surface area contributed by atoms with Crippen molar-refractivity contribution in [1.82, 2.24) is 9.78 Å². The molecule has 19 heavy (non-hydrogen) atoms. The van der Waals surface area contributed by atoms with Gasteiger partial charge in [-0.1, -0.05) is 0 Å². The monoisotopic (exact) mass is 263 g/mol. The molecule has 0 bridgehead atoms. The van der Waals surface area contributed by atoms with Gasteiger partial charge in [0, 0.05) is 0 Å². The molecular formula is C12H13N3O4. The number of nitrogens with zero attached hydrogens (tertiary/aromatic N) is 1. The van der Waals surface area contributed by atoms with Gasteiger partial charge in [-0.05, 0) is 31.2 Å². The standard InChI is InChI=1S/C12H13N3O4/c1-2-19-12(18)10-9(13)11(17)15(14-10)7-3-5-8(16)6-4-7/h3-6,14,16H,2,13H2,1H3. The summed E-state index contributed by atoms with van der Waals surface area (Å²) in [6, 6.07) is 5.87. The molecule has 0 aliphatic carbocycles. The molecule has 0 fully saturated rings. The Balaban J connectivity index is 2.49. The van der Waals surface area contributed by atoms with Crippen molar-refractivity contribution in [1.29, 1.82) is 0 Å². The molecule has 0 aliphatic heterocycles. The number of nitrogens with one attached hydrogen (secondary N) is 1. The smallest absolute Gasteiger partial charge is 0.358 e. The second-order valence-corrected chi connectivity index (χ2v) is 3.78. The summed E-state index contributed by atoms with van der Waals surface area (Å²) in [5.74, 6) is -0.614. The van der Waals surface area contributed by atoms with E-state index in [0.717, 1.165) is 4.68 Å². The fraction of sp³-hybridized carbons (Fsp3) is 0.167. The maximum Gasteiger partial charge on any atom is 0.358 e. The Bertz CT molecular complexity index is 655. The number of ether oxygens (including phenoxy) is 1. The average Bonchev–Trinajstić information content (AvgIpc) is 2.68. The van der Waals surface area contributed by atoms with Crippen LogP contribution in [-0.2, 0) is 4.74 Å². The van der Waals surface area contributed by atoms with Gasteiger partial charge in [-0.3, -0.25) is 9.89 Å². The van der Waals surface area contributed by atoms with Crippen molar-refractivity contribution in [3.63, 3.8) is 0 Å². The van der Waals surface area contributed by atoms with Crippen molar-refractivity contribution < 1.29 is 14.6 Å². The lowest BCUT2D eigenvalue weighted by molar-refractivity contribution is 0.0520. The number of aromatic hydroxyl groups is 1. The molecule has 0 amide bonds. The molecule has 0 radical (unpaired) electrons. The molecule has 2 aromatic rings. The van der Waals surface area contributed by atoms with Crippen LogP contribution in [0.4, 0.5) is 5.69 Å². The highest BCUT2D eigenvalue weighted by molar-refractivity contribution is 5.92. The predicted octanol–water partition coefficient (Wildman–Crippen LogP) is 0.630. The van der Waals surface area contributed by atoms with Gasteiger partial charge in [0.15, 0.2) is 5.69 Å². The molecule has 0 saturated carbocycles. The number of esters is 1. The zero-order valence-electron chi connectivity index (χ0n) is 10.2. The van der Waals surface area contributed by atoms with Gasteiger partial charge in [-0.2, -0.15) is 0 Å². The SMILES string of the molecule is CCOC(=O)c1[nH]n(-c2ccc(O)cc2)c(=O)c1N. The van der Waals surface area contributed by atoms with Crippen LogP contribution in [0.25, 0.3) is 5.69 Å². The van der Waals surface area contributed by atoms with Gasteiger partial charge in [0.2, 0.25) is 0 Å². The number of hydrogen-bond acceptors (Lipinski definition) is 5. The zero-order valence-corrected chi connectivity index (χ0v) is 10.2. The number of carbonyl (C=O) groups is 1. The Morgan fingerprint density at radius 3 is 2.63 bits per heavy atom. The minimum atomic E-state index is -0.686. The summed E-state index contributed by atoms with van der Waals surface area (Å²) in [5.41, 5.74) is 5.20. The Morgan fingerprint density at radius 2 is 2.05 bits per heavy atom. The lowest BCUT2D eigenvalue weighted by Gasteiger charge is -2.02. The van der Waals surface area contributed by atoms with Gasteiger partial charge in [0.25, 0.3) is 5.56 Å². The Hall–Kier alpha value is -2.70. The molecule has 4 N–H and O–H groups in total. The first-order valence-electron chi connectivity index (χ1n) is 5.61. The van der Waals surface area contributed by atoms with Crippen molar-refractivity contribution in [2.45, 2.75) is 6.92 Å². The Labute approximate surface area is 108 Å². The number of aromatic amines is 1. The first kappa shape index (κ1) is 12.7. The number of nitrogens with two attached hydrogens (primary N) is 1. The summed E-state index contributed by atoms with van der Waals surface area (Å²) >= 11 is 0. The molecule has 0 spiro atoms. The normalized spacial score (nSPS) is 10.4. The molecule has 7 heteroatoms. The number of phenolic OH excluding ortho intramolecular Hbond substituents is 1. The van der Waals surface area contributed by atoms with E-state index in [9.17, 15) is 14.7 Å². The molecule has 7 nitrogen and oxygen atoms in total. The number of hydrogen-bond donors (Lipinski definition) is 3. The van der Waals surface area contributed by atoms with E-state index >= 15 is 0 Å². The number of nitrogen functional groups attached to an aromatic ring is 1. The fourth-order valence-electron chi connectivity index (χ4n) is 1.59. The summed E-state index contributed by atoms with van der Waals surface area (Å²) in [6.45, 7) is 1.84. The van der Waals surface area contributed by atoms with Crippen molar-refractivity contribution >= 4 is 11.7 Å². The molecule has 0 atom stereocenters. The van der Waals surface area contributed by atoms with E-state index in [4.69, 9.17) is 10.5 Å². The molecule has 1 aromatic heterocycles. The molecule has 1 aromatic carbocycles. The van der Waals surface area contributed by atoms with Gasteiger partial charge in [-0.25, -0.2) is 9.48 Å². The van der Waals surface area contributed by atoms with Gasteiger partial charge in [-0.15, -0.1) is 0 Å². The largest absolute Gasteiger partial charge is 0.508 e. The number of benzene rings is 1. The van der Waals surface area contributed by atoms with E-state index in [2.05, 4.69) is 5.10 Å². The molecule has 2 rings (SSSR count). The molecule has 0 aliphatic rings. The number of rotatable bonds is 3. The molecule has 0 unspecified atom stereocenters. The van der Waals surface area contributed by atoms with E-state index in [1.54, 1.807) is 6.92 Å². The van der Waals surface area contributed by atoms with E-state index in [0.29, 0.717) is 5.69 Å². The second kappa shape index (κ2) is 4.89. The van der Waals surface area contributed by atoms with Crippen LogP contribution in [-0.4, -0.2) is 27.5 Å². The van der Waals surface area contributed by atoms with Crippen LogP contribution in [0.3, 0.4) is 0 Å². The summed E-state index contributed by atoms with van der Waals surface area (Å²) in [5, 5.41) is 11.8. The summed E-state index contributed by atoms with van der Waals surface area (Å²) in [7, 11) is 0. The second-order valence-electron chi connectivity index (χ2n) is 3.78. The highest BCUT2D eigenvalue weighted by atomic mass is 16.5. The number of anilines is 1. The maximum absolute atomic E-state index is 11.9. The molecular weight excluding hydrogens is 250 g/mol. The predicted molar refractivity (Wildman–Crippen MR) is 68.4 cm³/mol. The first-order chi connectivity index (χ1) is 9.04. The third kappa shape index (κ3) is 2.30. The average molecular weight is 263 g/mol. The fourth-order valence-corrected chi connectivity index (χ4v) is 1.59. The number of aromatic nitrogens is 2. The van der Waals surface area contributed by atoms with Gasteiger partial charge in [0.1, 0.15) is 11.4 Å². The molecule has 1 heterocycles. The summed E-state index contributed by atoms with van der Waals surface area (Å²) < 4.78 is 5.90. The van der Waals surface area contributed by atoms with Crippen molar-refractivity contribution in [2.24, 2.45) is 0 Å². The quantitative estimate of drug-likeness (QED) is 0.703. The summed E-state index contributed by atoms with van der Waals surface area (Å²) in [6.07, 6.45) is 0. The lowest BCUT2D eigenvalue weighted by atomic mass is 10.3. The highest BCUT2D eigenvalue weighted by Crippen LogP contribution is 2.14. The minimum absolute atomic E-state index is 0.0712. The van der Waals surface area contributed by atoms with Crippen LogP contribution in [0.1, 0.15) is 17.4 Å². The van der Waals surface area contributed by atoms with Crippen molar-refractivity contribution in [3.05, 3.63) is 40.3 Å². The van der Waals surface area contributed by atoms with E-state index < -0.39 is 11.5 Å². The van der Waals surface area contributed by atoms with Crippen molar-refractivity contribution in [3.8, 4) is 11.4 Å². The summed E-state index contributed by atoms with van der Waals surface area (Å²) in [4.78, 5) is 23.5. The van der Waals surface area contributed by atoms with Crippen LogP contribution < -0.4 is 11.3 Å². The van der Waals surface area contributed by atoms with E-state index in [-0.39, 0.29) is 23.7 Å². The van der Waals surface area contributed by atoms with Gasteiger partial charge < -0.3 is 15.6 Å². The van der Waals surface area contributed by atoms with Crippen molar-refractivity contribution in [2.75, 3.05) is 12.3 Å². The zero-order chi connectivity index (χ0) is 14.0. The molecule has 100 valence electrons. The van der Waals surface area contributed by atoms with Crippen LogP contribution in [0.15, 0.2) is 29.1 Å². The van der Waals surface area contributed by atoms with Crippen LogP contribution in [0.2, 0.25) is 0 Å². The third-order valence-electron chi connectivity index (χ3n) is 2.51. The lowest BCUT2D eigenvalue weighted by Crippen LogP contribution is -2.16. The van der Waals surface area contributed by atoms with Gasteiger partial charge >= 0.3 is 5.97 Å². The van der Waals surface area contributed by atoms with Crippen LogP contribution >= 0.6 is 0 Å². The minimum Gasteiger partial charge on any atom is -0.508 e. The topological polar surface area (TPSA) is 110 Å². The van der Waals surface area contributed by atoms with Gasteiger partial charge in [0.05, 0.1) is 12.3 Å². The molecule has 0 saturated heterocycles. The van der Waals surface area contributed by atoms with E-state index in [1.165, 1.54) is 24.3 Å². The Morgan fingerprint density at radius 1 is 1.42 bits per heavy atom. The van der Waals surface area contributed by atoms with Crippen LogP contribution in [0.5, 0.6) is 5.75 Å². The van der Waals surface area contributed by atoms with Crippen LogP contribution in [0, 0.1) is 0 Å². The number of phenols is 1.